The van der Waals surface area contributed by atoms with E-state index < -0.39 is 12.1 Å². The first kappa shape index (κ1) is 25.7. The standard InChI is InChI=1S/C16H23N3O3S.C2HF3O2/c1-3-22-16(21)6-9-19-8-5-14(18-19)10-13-11-17-7-4-15(13)23-12(2)20;3-2(4,5)1(6)7/h5,8,10,15,17H,3-4,6-7,9,11H2,1-2H3;(H,6,7)/b13-10+;/t15-;/m0./s1. The molecule has 2 rings (SSSR count). The molecule has 0 amide bonds. The van der Waals surface area contributed by atoms with Gasteiger partial charge in [-0.2, -0.15) is 18.3 Å². The number of thioether (sulfide) groups is 1. The molecule has 2 heterocycles. The summed E-state index contributed by atoms with van der Waals surface area (Å²) >= 11 is 1.39. The van der Waals surface area contributed by atoms with Gasteiger partial charge in [0.25, 0.3) is 0 Å². The predicted octanol–water partition coefficient (Wildman–Crippen LogP) is 2.49. The predicted molar refractivity (Wildman–Crippen MR) is 105 cm³/mol. The maximum atomic E-state index is 11.4. The molecule has 1 fully saturated rings. The van der Waals surface area contributed by atoms with Crippen molar-refractivity contribution >= 4 is 34.9 Å². The first-order chi connectivity index (χ1) is 14.0. The highest BCUT2D eigenvalue weighted by Gasteiger charge is 2.38. The van der Waals surface area contributed by atoms with Crippen LogP contribution in [0.3, 0.4) is 0 Å². The van der Waals surface area contributed by atoms with Gasteiger partial charge in [0, 0.05) is 24.9 Å². The third kappa shape index (κ3) is 9.92. The summed E-state index contributed by atoms with van der Waals surface area (Å²) in [6, 6.07) is 1.92. The molecule has 168 valence electrons. The minimum atomic E-state index is -5.08. The molecule has 30 heavy (non-hydrogen) atoms. The molecular formula is C18H24F3N3O5S. The van der Waals surface area contributed by atoms with Gasteiger partial charge < -0.3 is 15.2 Å². The van der Waals surface area contributed by atoms with E-state index in [1.54, 1.807) is 18.5 Å². The number of aromatic nitrogens is 2. The number of nitrogens with one attached hydrogen (secondary N) is 1. The number of hydrogen-bond donors (Lipinski definition) is 2. The first-order valence-electron chi connectivity index (χ1n) is 9.10. The number of alkyl halides is 3. The van der Waals surface area contributed by atoms with Crippen LogP contribution >= 0.6 is 11.8 Å². The average Bonchev–Trinajstić information content (AvgIpc) is 3.09. The molecule has 0 saturated carbocycles. The van der Waals surface area contributed by atoms with Crippen molar-refractivity contribution in [2.45, 2.75) is 44.7 Å². The van der Waals surface area contributed by atoms with Crippen LogP contribution in [0.25, 0.3) is 6.08 Å². The topological polar surface area (TPSA) is 111 Å². The van der Waals surface area contributed by atoms with Crippen molar-refractivity contribution < 1.29 is 37.4 Å². The van der Waals surface area contributed by atoms with Crippen molar-refractivity contribution in [1.82, 2.24) is 15.1 Å². The molecule has 1 aromatic heterocycles. The van der Waals surface area contributed by atoms with E-state index in [1.807, 2.05) is 18.3 Å². The fourth-order valence-electron chi connectivity index (χ4n) is 2.45. The van der Waals surface area contributed by atoms with E-state index in [0.717, 1.165) is 25.2 Å². The van der Waals surface area contributed by atoms with Crippen molar-refractivity contribution in [1.29, 1.82) is 0 Å². The van der Waals surface area contributed by atoms with Gasteiger partial charge in [-0.3, -0.25) is 14.3 Å². The number of esters is 1. The Labute approximate surface area is 175 Å². The van der Waals surface area contributed by atoms with E-state index in [2.05, 4.69) is 10.4 Å². The lowest BCUT2D eigenvalue weighted by Crippen LogP contribution is -2.32. The number of carbonyl (C=O) groups is 3. The van der Waals surface area contributed by atoms with Gasteiger partial charge >= 0.3 is 18.1 Å². The van der Waals surface area contributed by atoms with Crippen molar-refractivity contribution in [2.75, 3.05) is 19.7 Å². The molecule has 8 nitrogen and oxygen atoms in total. The summed E-state index contributed by atoms with van der Waals surface area (Å²) in [5, 5.41) is 15.3. The maximum Gasteiger partial charge on any atom is 0.490 e. The van der Waals surface area contributed by atoms with Gasteiger partial charge in [-0.05, 0) is 37.6 Å². The Morgan fingerprint density at radius 1 is 1.43 bits per heavy atom. The lowest BCUT2D eigenvalue weighted by molar-refractivity contribution is -0.192. The van der Waals surface area contributed by atoms with Crippen LogP contribution in [0.5, 0.6) is 0 Å². The molecule has 2 N–H and O–H groups in total. The van der Waals surface area contributed by atoms with Crippen LogP contribution in [0.4, 0.5) is 13.2 Å². The van der Waals surface area contributed by atoms with E-state index >= 15 is 0 Å². The number of aliphatic carboxylic acids is 1. The number of carbonyl (C=O) groups excluding carboxylic acids is 2. The van der Waals surface area contributed by atoms with Crippen LogP contribution in [0.15, 0.2) is 17.8 Å². The molecule has 1 aliphatic rings. The molecule has 0 radical (unpaired) electrons. The van der Waals surface area contributed by atoms with Crippen molar-refractivity contribution in [3.8, 4) is 0 Å². The average molecular weight is 451 g/mol. The van der Waals surface area contributed by atoms with Gasteiger partial charge in [-0.15, -0.1) is 0 Å². The Morgan fingerprint density at radius 2 is 2.10 bits per heavy atom. The second-order valence-corrected chi connectivity index (χ2v) is 7.52. The highest BCUT2D eigenvalue weighted by molar-refractivity contribution is 8.14. The van der Waals surface area contributed by atoms with E-state index in [-0.39, 0.29) is 16.3 Å². The van der Waals surface area contributed by atoms with Gasteiger partial charge in [0.1, 0.15) is 0 Å². The number of aryl methyl sites for hydroxylation is 1. The SMILES string of the molecule is CCOC(=O)CCn1ccc(/C=C2\CNCC[C@@H]2SC(C)=O)n1.O=C(O)C(F)(F)F. The van der Waals surface area contributed by atoms with Crippen LogP contribution in [-0.4, -0.2) is 63.1 Å². The van der Waals surface area contributed by atoms with Gasteiger partial charge in [0.2, 0.25) is 0 Å². The molecule has 12 heteroatoms. The molecule has 0 aliphatic carbocycles. The third-order valence-electron chi connectivity index (χ3n) is 3.72. The van der Waals surface area contributed by atoms with Crippen LogP contribution in [0, 0.1) is 0 Å². The first-order valence-corrected chi connectivity index (χ1v) is 9.98. The second-order valence-electron chi connectivity index (χ2n) is 6.14. The smallest absolute Gasteiger partial charge is 0.475 e. The van der Waals surface area contributed by atoms with E-state index in [9.17, 15) is 22.8 Å². The van der Waals surface area contributed by atoms with Crippen LogP contribution in [0.2, 0.25) is 0 Å². The summed E-state index contributed by atoms with van der Waals surface area (Å²) in [5.41, 5.74) is 2.04. The summed E-state index contributed by atoms with van der Waals surface area (Å²) in [6.07, 6.45) is 0.0676. The lowest BCUT2D eigenvalue weighted by atomic mass is 10.0. The number of carboxylic acids is 1. The molecule has 1 saturated heterocycles. The highest BCUT2D eigenvalue weighted by atomic mass is 32.2. The molecular weight excluding hydrogens is 427 g/mol. The summed E-state index contributed by atoms with van der Waals surface area (Å²) < 4.78 is 38.4. The maximum absolute atomic E-state index is 11.4. The monoisotopic (exact) mass is 451 g/mol. The molecule has 0 spiro atoms. The Bertz CT molecular complexity index is 764. The third-order valence-corrected chi connectivity index (χ3v) is 4.88. The zero-order chi connectivity index (χ0) is 22.7. The van der Waals surface area contributed by atoms with Gasteiger partial charge in [0.05, 0.1) is 25.3 Å². The van der Waals surface area contributed by atoms with Gasteiger partial charge in [-0.25, -0.2) is 4.79 Å². The number of carboxylic acid groups (broad SMARTS) is 1. The van der Waals surface area contributed by atoms with Gasteiger partial charge in [0.15, 0.2) is 5.12 Å². The quantitative estimate of drug-likeness (QED) is 0.635. The largest absolute Gasteiger partial charge is 0.490 e. The summed E-state index contributed by atoms with van der Waals surface area (Å²) in [7, 11) is 0. The summed E-state index contributed by atoms with van der Waals surface area (Å²) in [4.78, 5) is 31.6. The number of halogens is 3. The second kappa shape index (κ2) is 12.4. The van der Waals surface area contributed by atoms with Crippen molar-refractivity contribution in [3.05, 3.63) is 23.5 Å². The summed E-state index contributed by atoms with van der Waals surface area (Å²) in [6.45, 7) is 6.01. The van der Waals surface area contributed by atoms with Crippen LogP contribution in [0.1, 0.15) is 32.4 Å². The zero-order valence-electron chi connectivity index (χ0n) is 16.6. The zero-order valence-corrected chi connectivity index (χ0v) is 17.4. The molecule has 0 aromatic carbocycles. The summed E-state index contributed by atoms with van der Waals surface area (Å²) in [5.74, 6) is -2.97. The minimum Gasteiger partial charge on any atom is -0.475 e. The number of hydrogen-bond acceptors (Lipinski definition) is 7. The Balaban J connectivity index is 0.000000553. The van der Waals surface area contributed by atoms with E-state index in [1.165, 1.54) is 17.3 Å². The number of piperidine rings is 1. The molecule has 1 aromatic rings. The van der Waals surface area contributed by atoms with Crippen LogP contribution < -0.4 is 5.32 Å². The number of ether oxygens (including phenoxy) is 1. The molecule has 1 aliphatic heterocycles. The Hall–Kier alpha value is -2.34. The molecule has 0 unspecified atom stereocenters. The van der Waals surface area contributed by atoms with Crippen molar-refractivity contribution in [2.24, 2.45) is 0 Å². The van der Waals surface area contributed by atoms with Crippen molar-refractivity contribution in [3.63, 3.8) is 0 Å². The highest BCUT2D eigenvalue weighted by Crippen LogP contribution is 2.26. The normalized spacial score (nSPS) is 17.8. The van der Waals surface area contributed by atoms with Gasteiger partial charge in [-0.1, -0.05) is 11.8 Å². The lowest BCUT2D eigenvalue weighted by Gasteiger charge is -2.24. The fraction of sp³-hybridized carbons (Fsp3) is 0.556. The van der Waals surface area contributed by atoms with E-state index in [0.29, 0.717) is 19.6 Å². The Kier molecular flexibility index (Phi) is 10.6. The number of nitrogens with zero attached hydrogens (tertiary/aromatic N) is 2. The minimum absolute atomic E-state index is 0.141. The van der Waals surface area contributed by atoms with E-state index in [4.69, 9.17) is 14.6 Å². The molecule has 1 atom stereocenters. The molecule has 0 bridgehead atoms. The fourth-order valence-corrected chi connectivity index (χ4v) is 3.39. The number of rotatable bonds is 6. The van der Waals surface area contributed by atoms with Crippen LogP contribution in [-0.2, 0) is 25.7 Å². The Morgan fingerprint density at radius 3 is 2.67 bits per heavy atom.